The summed E-state index contributed by atoms with van der Waals surface area (Å²) < 4.78 is 37.8. The van der Waals surface area contributed by atoms with Gasteiger partial charge in [-0.1, -0.05) is 0 Å². The van der Waals surface area contributed by atoms with Crippen LogP contribution in [0.5, 0.6) is 0 Å². The van der Waals surface area contributed by atoms with Crippen molar-refractivity contribution in [1.29, 1.82) is 0 Å². The molecule has 0 radical (unpaired) electrons. The first-order chi connectivity index (χ1) is 10.3. The van der Waals surface area contributed by atoms with Crippen molar-refractivity contribution in [1.82, 2.24) is 14.9 Å². The summed E-state index contributed by atoms with van der Waals surface area (Å²) in [5.41, 5.74) is -1.03. The second-order valence-corrected chi connectivity index (χ2v) is 5.51. The van der Waals surface area contributed by atoms with E-state index in [0.29, 0.717) is 6.54 Å². The molecule has 0 aromatic carbocycles. The Morgan fingerprint density at radius 3 is 2.82 bits per heavy atom. The Balaban J connectivity index is 2.05. The minimum atomic E-state index is -4.53. The molecular weight excluding hydrogens is 297 g/mol. The fourth-order valence-corrected chi connectivity index (χ4v) is 2.52. The smallest absolute Gasteiger partial charge is 0.343 e. The highest BCUT2D eigenvalue weighted by molar-refractivity contribution is 5.84. The van der Waals surface area contributed by atoms with Crippen molar-refractivity contribution in [3.8, 4) is 0 Å². The Labute approximate surface area is 126 Å². The van der Waals surface area contributed by atoms with E-state index in [1.165, 1.54) is 0 Å². The van der Waals surface area contributed by atoms with E-state index in [4.69, 9.17) is 0 Å². The molecule has 5 nitrogen and oxygen atoms in total. The van der Waals surface area contributed by atoms with Gasteiger partial charge >= 0.3 is 6.18 Å². The van der Waals surface area contributed by atoms with Gasteiger partial charge < -0.3 is 10.2 Å². The lowest BCUT2D eigenvalue weighted by Crippen LogP contribution is -2.48. The molecule has 1 fully saturated rings. The molecule has 0 aliphatic carbocycles. The molecule has 1 saturated heterocycles. The highest BCUT2D eigenvalue weighted by Crippen LogP contribution is 2.27. The van der Waals surface area contributed by atoms with E-state index in [1.54, 1.807) is 11.8 Å². The van der Waals surface area contributed by atoms with Crippen molar-refractivity contribution >= 4 is 11.9 Å². The van der Waals surface area contributed by atoms with Crippen LogP contribution in [0.2, 0.25) is 0 Å². The van der Waals surface area contributed by atoms with Crippen LogP contribution < -0.4 is 5.32 Å². The van der Waals surface area contributed by atoms with E-state index in [9.17, 15) is 18.0 Å². The topological polar surface area (TPSA) is 58.1 Å². The number of piperidine rings is 1. The molecule has 122 valence electrons. The first-order valence-corrected chi connectivity index (χ1v) is 7.26. The van der Waals surface area contributed by atoms with Crippen LogP contribution in [0.3, 0.4) is 0 Å². The molecule has 0 spiro atoms. The molecule has 0 bridgehead atoms. The lowest BCUT2D eigenvalue weighted by Gasteiger charge is -2.35. The molecule has 1 aliphatic heterocycles. The van der Waals surface area contributed by atoms with Crippen LogP contribution in [0.1, 0.15) is 38.8 Å². The third-order valence-electron chi connectivity index (χ3n) is 3.75. The van der Waals surface area contributed by atoms with Crippen molar-refractivity contribution in [2.75, 3.05) is 11.9 Å². The van der Waals surface area contributed by atoms with Gasteiger partial charge in [0.2, 0.25) is 11.9 Å². The minimum absolute atomic E-state index is 0.145. The zero-order chi connectivity index (χ0) is 16.3. The number of nitrogens with zero attached hydrogens (tertiary/aromatic N) is 3. The van der Waals surface area contributed by atoms with Gasteiger partial charge in [0.25, 0.3) is 0 Å². The molecule has 22 heavy (non-hydrogen) atoms. The van der Waals surface area contributed by atoms with Crippen LogP contribution in [0, 0.1) is 0 Å². The average molecular weight is 316 g/mol. The largest absolute Gasteiger partial charge is 0.433 e. The Hall–Kier alpha value is -1.86. The monoisotopic (exact) mass is 316 g/mol. The number of nitrogens with one attached hydrogen (secondary N) is 1. The highest BCUT2D eigenvalue weighted by Gasteiger charge is 2.33. The summed E-state index contributed by atoms with van der Waals surface area (Å²) in [7, 11) is 0. The number of likely N-dealkylation sites (tertiary alicyclic amines) is 1. The molecule has 2 rings (SSSR count). The fourth-order valence-electron chi connectivity index (χ4n) is 2.52. The summed E-state index contributed by atoms with van der Waals surface area (Å²) in [6, 6.07) is 0.265. The SMILES string of the molecule is CC(Nc1nccc(C(F)(F)F)n1)C(=O)N1CCCCC1C. The maximum atomic E-state index is 12.6. The molecule has 1 amide bonds. The molecule has 0 saturated carbocycles. The van der Waals surface area contributed by atoms with Crippen LogP contribution in [0.4, 0.5) is 19.1 Å². The van der Waals surface area contributed by atoms with Gasteiger partial charge in [-0.15, -0.1) is 0 Å². The molecule has 1 aromatic rings. The molecular formula is C14H19F3N4O. The third kappa shape index (κ3) is 3.86. The van der Waals surface area contributed by atoms with Gasteiger partial charge in [-0.05, 0) is 39.2 Å². The van der Waals surface area contributed by atoms with Gasteiger partial charge in [0.05, 0.1) is 0 Å². The summed E-state index contributed by atoms with van der Waals surface area (Å²) in [5.74, 6) is -0.339. The number of hydrogen-bond acceptors (Lipinski definition) is 4. The van der Waals surface area contributed by atoms with E-state index in [2.05, 4.69) is 15.3 Å². The van der Waals surface area contributed by atoms with Crippen molar-refractivity contribution in [3.63, 3.8) is 0 Å². The van der Waals surface area contributed by atoms with E-state index >= 15 is 0 Å². The lowest BCUT2D eigenvalue weighted by molar-refractivity contribution is -0.141. The van der Waals surface area contributed by atoms with E-state index in [1.807, 2.05) is 6.92 Å². The van der Waals surface area contributed by atoms with Gasteiger partial charge in [-0.2, -0.15) is 13.2 Å². The quantitative estimate of drug-likeness (QED) is 0.931. The summed E-state index contributed by atoms with van der Waals surface area (Å²) in [6.45, 7) is 4.26. The Bertz CT molecular complexity index is 535. The maximum Gasteiger partial charge on any atom is 0.433 e. The van der Waals surface area contributed by atoms with E-state index < -0.39 is 17.9 Å². The molecule has 2 unspecified atom stereocenters. The number of hydrogen-bond donors (Lipinski definition) is 1. The third-order valence-corrected chi connectivity index (χ3v) is 3.75. The number of alkyl halides is 3. The summed E-state index contributed by atoms with van der Waals surface area (Å²) in [4.78, 5) is 21.3. The number of carbonyl (C=O) groups is 1. The van der Waals surface area contributed by atoms with E-state index in [0.717, 1.165) is 31.5 Å². The Kier molecular flexibility index (Phi) is 4.87. The first-order valence-electron chi connectivity index (χ1n) is 7.26. The normalized spacial score (nSPS) is 20.6. The summed E-state index contributed by atoms with van der Waals surface area (Å²) in [5, 5.41) is 2.66. The zero-order valence-electron chi connectivity index (χ0n) is 12.5. The number of halogens is 3. The predicted molar refractivity (Wildman–Crippen MR) is 75.1 cm³/mol. The molecule has 8 heteroatoms. The fraction of sp³-hybridized carbons (Fsp3) is 0.643. The van der Waals surface area contributed by atoms with Gasteiger partial charge in [0.1, 0.15) is 11.7 Å². The van der Waals surface area contributed by atoms with Crippen molar-refractivity contribution < 1.29 is 18.0 Å². The van der Waals surface area contributed by atoms with Crippen molar-refractivity contribution in [3.05, 3.63) is 18.0 Å². The van der Waals surface area contributed by atoms with E-state index in [-0.39, 0.29) is 17.9 Å². The maximum absolute atomic E-state index is 12.6. The minimum Gasteiger partial charge on any atom is -0.343 e. The molecule has 2 heterocycles. The summed E-state index contributed by atoms with van der Waals surface area (Å²) >= 11 is 0. The average Bonchev–Trinajstić information content (AvgIpc) is 2.46. The second-order valence-electron chi connectivity index (χ2n) is 5.51. The van der Waals surface area contributed by atoms with Gasteiger partial charge in [-0.3, -0.25) is 4.79 Å². The molecule has 1 N–H and O–H groups in total. The van der Waals surface area contributed by atoms with Crippen LogP contribution in [-0.4, -0.2) is 39.4 Å². The Morgan fingerprint density at radius 1 is 1.45 bits per heavy atom. The number of aromatic nitrogens is 2. The molecule has 1 aromatic heterocycles. The highest BCUT2D eigenvalue weighted by atomic mass is 19.4. The van der Waals surface area contributed by atoms with Crippen LogP contribution in [0.15, 0.2) is 12.3 Å². The van der Waals surface area contributed by atoms with Crippen LogP contribution >= 0.6 is 0 Å². The number of rotatable bonds is 3. The van der Waals surface area contributed by atoms with Crippen LogP contribution in [-0.2, 0) is 11.0 Å². The number of anilines is 1. The van der Waals surface area contributed by atoms with Gasteiger partial charge in [0.15, 0.2) is 0 Å². The number of carbonyl (C=O) groups excluding carboxylic acids is 1. The second kappa shape index (κ2) is 6.50. The molecule has 2 atom stereocenters. The van der Waals surface area contributed by atoms with Gasteiger partial charge in [0, 0.05) is 18.8 Å². The standard InChI is InChI=1S/C14H19F3N4O/c1-9-5-3-4-8-21(9)12(22)10(2)19-13-18-7-6-11(20-13)14(15,16)17/h6-7,9-10H,3-5,8H2,1-2H3,(H,18,19,20). The zero-order valence-corrected chi connectivity index (χ0v) is 12.5. The molecule has 1 aliphatic rings. The predicted octanol–water partition coefficient (Wildman–Crippen LogP) is 2.70. The first kappa shape index (κ1) is 16.5. The van der Waals surface area contributed by atoms with Crippen LogP contribution in [0.25, 0.3) is 0 Å². The number of amides is 1. The Morgan fingerprint density at radius 2 is 2.18 bits per heavy atom. The van der Waals surface area contributed by atoms with Gasteiger partial charge in [-0.25, -0.2) is 9.97 Å². The summed E-state index contributed by atoms with van der Waals surface area (Å²) in [6.07, 6.45) is -0.530. The van der Waals surface area contributed by atoms with Crippen molar-refractivity contribution in [2.24, 2.45) is 0 Å². The lowest BCUT2D eigenvalue weighted by atomic mass is 10.0. The van der Waals surface area contributed by atoms with Crippen molar-refractivity contribution in [2.45, 2.75) is 51.4 Å².